The fraction of sp³-hybridized carbons (Fsp3) is 0.571. The molecule has 1 aromatic rings. The van der Waals surface area contributed by atoms with Gasteiger partial charge in [-0.2, -0.15) is 0 Å². The van der Waals surface area contributed by atoms with E-state index >= 15 is 0 Å². The number of nitrogens with zero attached hydrogens (tertiary/aromatic N) is 2. The van der Waals surface area contributed by atoms with E-state index < -0.39 is 0 Å². The molecule has 0 bridgehead atoms. The quantitative estimate of drug-likeness (QED) is 0.696. The number of aromatic nitrogens is 1. The Balaban J connectivity index is 2.64. The Bertz CT molecular complexity index is 354. The summed E-state index contributed by atoms with van der Waals surface area (Å²) in [6.45, 7) is 4.99. The molecule has 100 valence electrons. The molecule has 0 N–H and O–H groups in total. The summed E-state index contributed by atoms with van der Waals surface area (Å²) in [6, 6.07) is 5.62. The second kappa shape index (κ2) is 7.82. The van der Waals surface area contributed by atoms with E-state index in [9.17, 15) is 4.79 Å². The second-order valence-corrected chi connectivity index (χ2v) is 4.29. The highest BCUT2D eigenvalue weighted by Gasteiger charge is 2.23. The van der Waals surface area contributed by atoms with Gasteiger partial charge in [-0.3, -0.25) is 14.7 Å². The predicted molar refractivity (Wildman–Crippen MR) is 71.0 cm³/mol. The lowest BCUT2D eigenvalue weighted by Gasteiger charge is -2.25. The number of pyridine rings is 1. The van der Waals surface area contributed by atoms with E-state index in [1.807, 2.05) is 37.1 Å². The topological polar surface area (TPSA) is 42.4 Å². The van der Waals surface area contributed by atoms with Crippen molar-refractivity contribution in [2.45, 2.75) is 39.3 Å². The molecule has 1 unspecified atom stereocenters. The van der Waals surface area contributed by atoms with Crippen LogP contribution in [0.25, 0.3) is 0 Å². The Morgan fingerprint density at radius 1 is 1.44 bits per heavy atom. The molecule has 4 nitrogen and oxygen atoms in total. The molecule has 0 saturated heterocycles. The van der Waals surface area contributed by atoms with Crippen LogP contribution in [0.15, 0.2) is 24.4 Å². The van der Waals surface area contributed by atoms with Gasteiger partial charge in [-0.25, -0.2) is 0 Å². The number of esters is 1. The molecule has 0 aliphatic heterocycles. The van der Waals surface area contributed by atoms with Crippen molar-refractivity contribution in [1.82, 2.24) is 9.88 Å². The molecule has 1 aromatic heterocycles. The van der Waals surface area contributed by atoms with Crippen molar-refractivity contribution in [1.29, 1.82) is 0 Å². The third-order valence-corrected chi connectivity index (χ3v) is 2.79. The minimum Gasteiger partial charge on any atom is -0.465 e. The summed E-state index contributed by atoms with van der Waals surface area (Å²) in [5.74, 6) is -0.141. The summed E-state index contributed by atoms with van der Waals surface area (Å²) in [5.41, 5.74) is 0.963. The zero-order valence-corrected chi connectivity index (χ0v) is 11.4. The number of carbonyl (C=O) groups excluding carboxylic acids is 1. The number of hydrogen-bond acceptors (Lipinski definition) is 4. The molecule has 0 saturated carbocycles. The maximum absolute atomic E-state index is 11.9. The van der Waals surface area contributed by atoms with Crippen LogP contribution >= 0.6 is 0 Å². The van der Waals surface area contributed by atoms with Crippen molar-refractivity contribution in [3.63, 3.8) is 0 Å². The van der Waals surface area contributed by atoms with Gasteiger partial charge in [0.05, 0.1) is 12.3 Å². The lowest BCUT2D eigenvalue weighted by atomic mass is 10.1. The lowest BCUT2D eigenvalue weighted by Crippen LogP contribution is -2.39. The Morgan fingerprint density at radius 3 is 2.78 bits per heavy atom. The first-order valence-electron chi connectivity index (χ1n) is 6.45. The summed E-state index contributed by atoms with van der Waals surface area (Å²) in [7, 11) is 1.94. The largest absolute Gasteiger partial charge is 0.465 e. The molecule has 1 heterocycles. The van der Waals surface area contributed by atoms with Crippen LogP contribution in [-0.2, 0) is 16.1 Å². The van der Waals surface area contributed by atoms with Crippen LogP contribution in [0.4, 0.5) is 0 Å². The fourth-order valence-electron chi connectivity index (χ4n) is 1.89. The first kappa shape index (κ1) is 14.6. The number of ether oxygens (including phenoxy) is 1. The molecule has 1 atom stereocenters. The monoisotopic (exact) mass is 250 g/mol. The van der Waals surface area contributed by atoms with E-state index in [1.165, 1.54) is 0 Å². The van der Waals surface area contributed by atoms with Gasteiger partial charge in [0.15, 0.2) is 0 Å². The van der Waals surface area contributed by atoms with E-state index in [1.54, 1.807) is 6.20 Å². The van der Waals surface area contributed by atoms with Crippen LogP contribution in [0.1, 0.15) is 32.4 Å². The normalized spacial score (nSPS) is 12.4. The van der Waals surface area contributed by atoms with Crippen molar-refractivity contribution in [3.05, 3.63) is 30.1 Å². The highest BCUT2D eigenvalue weighted by molar-refractivity contribution is 5.75. The van der Waals surface area contributed by atoms with Gasteiger partial charge in [-0.05, 0) is 32.5 Å². The van der Waals surface area contributed by atoms with Crippen LogP contribution in [0.2, 0.25) is 0 Å². The first-order valence-corrected chi connectivity index (χ1v) is 6.45. The average molecular weight is 250 g/mol. The number of rotatable bonds is 7. The van der Waals surface area contributed by atoms with E-state index in [2.05, 4.69) is 11.9 Å². The summed E-state index contributed by atoms with van der Waals surface area (Å²) in [4.78, 5) is 18.2. The standard InChI is InChI=1S/C14H22N2O2/c1-4-8-13(14(17)18-5-2)16(3)11-12-9-6-7-10-15-12/h6-7,9-10,13H,4-5,8,11H2,1-3H3. The Labute approximate surface area is 109 Å². The van der Waals surface area contributed by atoms with E-state index in [0.717, 1.165) is 18.5 Å². The summed E-state index contributed by atoms with van der Waals surface area (Å²) < 4.78 is 5.11. The average Bonchev–Trinajstić information content (AvgIpc) is 2.37. The van der Waals surface area contributed by atoms with Gasteiger partial charge in [0.2, 0.25) is 0 Å². The SMILES string of the molecule is CCCC(C(=O)OCC)N(C)Cc1ccccn1. The smallest absolute Gasteiger partial charge is 0.323 e. The summed E-state index contributed by atoms with van der Waals surface area (Å²) >= 11 is 0. The van der Waals surface area contributed by atoms with Gasteiger partial charge in [-0.15, -0.1) is 0 Å². The predicted octanol–water partition coefficient (Wildman–Crippen LogP) is 2.25. The van der Waals surface area contributed by atoms with Crippen LogP contribution < -0.4 is 0 Å². The van der Waals surface area contributed by atoms with Crippen LogP contribution in [0, 0.1) is 0 Å². The van der Waals surface area contributed by atoms with Gasteiger partial charge in [-0.1, -0.05) is 19.4 Å². The van der Waals surface area contributed by atoms with Crippen LogP contribution in [0.3, 0.4) is 0 Å². The molecule has 18 heavy (non-hydrogen) atoms. The maximum atomic E-state index is 11.9. The zero-order chi connectivity index (χ0) is 13.4. The van der Waals surface area contributed by atoms with Gasteiger partial charge >= 0.3 is 5.97 Å². The minimum atomic E-state index is -0.183. The van der Waals surface area contributed by atoms with Crippen molar-refractivity contribution in [2.24, 2.45) is 0 Å². The number of hydrogen-bond donors (Lipinski definition) is 0. The highest BCUT2D eigenvalue weighted by Crippen LogP contribution is 2.10. The van der Waals surface area contributed by atoms with Crippen molar-refractivity contribution >= 4 is 5.97 Å². The molecular weight excluding hydrogens is 228 g/mol. The highest BCUT2D eigenvalue weighted by atomic mass is 16.5. The lowest BCUT2D eigenvalue weighted by molar-refractivity contribution is -0.149. The number of likely N-dealkylation sites (N-methyl/N-ethyl adjacent to an activating group) is 1. The summed E-state index contributed by atoms with van der Waals surface area (Å²) in [6.07, 6.45) is 3.53. The minimum absolute atomic E-state index is 0.141. The van der Waals surface area contributed by atoms with Crippen LogP contribution in [-0.4, -0.2) is 35.5 Å². The van der Waals surface area contributed by atoms with Gasteiger partial charge < -0.3 is 4.74 Å². The van der Waals surface area contributed by atoms with Crippen LogP contribution in [0.5, 0.6) is 0 Å². The van der Waals surface area contributed by atoms with Crippen molar-refractivity contribution in [3.8, 4) is 0 Å². The molecule has 0 aliphatic carbocycles. The second-order valence-electron chi connectivity index (χ2n) is 4.29. The van der Waals surface area contributed by atoms with Gasteiger partial charge in [0, 0.05) is 12.7 Å². The molecule has 4 heteroatoms. The van der Waals surface area contributed by atoms with E-state index in [4.69, 9.17) is 4.74 Å². The first-order chi connectivity index (χ1) is 8.69. The van der Waals surface area contributed by atoms with Crippen molar-refractivity contribution in [2.75, 3.05) is 13.7 Å². The third-order valence-electron chi connectivity index (χ3n) is 2.79. The Morgan fingerprint density at radius 2 is 2.22 bits per heavy atom. The fourth-order valence-corrected chi connectivity index (χ4v) is 1.89. The van der Waals surface area contributed by atoms with E-state index in [-0.39, 0.29) is 12.0 Å². The summed E-state index contributed by atoms with van der Waals surface area (Å²) in [5, 5.41) is 0. The molecule has 0 fully saturated rings. The zero-order valence-electron chi connectivity index (χ0n) is 11.4. The molecule has 0 spiro atoms. The number of carbonyl (C=O) groups is 1. The molecule has 0 amide bonds. The Kier molecular flexibility index (Phi) is 6.36. The van der Waals surface area contributed by atoms with Crippen molar-refractivity contribution < 1.29 is 9.53 Å². The van der Waals surface area contributed by atoms with Gasteiger partial charge in [0.25, 0.3) is 0 Å². The molecular formula is C14H22N2O2. The molecule has 0 radical (unpaired) electrons. The third kappa shape index (κ3) is 4.45. The van der Waals surface area contributed by atoms with E-state index in [0.29, 0.717) is 13.2 Å². The molecule has 0 aromatic carbocycles. The van der Waals surface area contributed by atoms with Gasteiger partial charge in [0.1, 0.15) is 6.04 Å². The molecule has 1 rings (SSSR count). The maximum Gasteiger partial charge on any atom is 0.323 e. The molecule has 0 aliphatic rings. The Hall–Kier alpha value is -1.42.